The average molecular weight is 659 g/mol. The number of benzene rings is 3. The second kappa shape index (κ2) is 15.2. The van der Waals surface area contributed by atoms with Crippen molar-refractivity contribution in [2.45, 2.75) is 49.9 Å². The Labute approximate surface area is 277 Å². The van der Waals surface area contributed by atoms with Gasteiger partial charge in [0, 0.05) is 25.8 Å². The summed E-state index contributed by atoms with van der Waals surface area (Å²) in [6.45, 7) is 1.24. The zero-order valence-electron chi connectivity index (χ0n) is 27.1. The van der Waals surface area contributed by atoms with Gasteiger partial charge in [0.25, 0.3) is 5.56 Å². The van der Waals surface area contributed by atoms with Crippen molar-refractivity contribution in [3.8, 4) is 11.5 Å². The van der Waals surface area contributed by atoms with Crippen molar-refractivity contribution in [3.05, 3.63) is 129 Å². The number of aromatic nitrogens is 2. The number of carbonyl (C=O) groups is 2. The van der Waals surface area contributed by atoms with Crippen LogP contribution >= 0.6 is 0 Å². The van der Waals surface area contributed by atoms with Crippen LogP contribution in [-0.2, 0) is 34.1 Å². The molecule has 0 radical (unpaired) electrons. The number of esters is 1. The van der Waals surface area contributed by atoms with Crippen molar-refractivity contribution in [2.24, 2.45) is 0 Å². The Morgan fingerprint density at radius 2 is 1.38 bits per heavy atom. The van der Waals surface area contributed by atoms with Crippen LogP contribution in [0, 0.1) is 0 Å². The highest BCUT2D eigenvalue weighted by atomic mass is 16.6. The van der Waals surface area contributed by atoms with Gasteiger partial charge in [0.1, 0.15) is 35.1 Å². The van der Waals surface area contributed by atoms with Crippen molar-refractivity contribution < 1.29 is 38.0 Å². The van der Waals surface area contributed by atoms with Crippen LogP contribution in [0.2, 0.25) is 0 Å². The van der Waals surface area contributed by atoms with E-state index in [1.807, 2.05) is 78.9 Å². The van der Waals surface area contributed by atoms with Gasteiger partial charge in [-0.1, -0.05) is 54.6 Å². The number of ether oxygens (including phenoxy) is 6. The molecule has 12 heteroatoms. The molecule has 12 nitrogen and oxygen atoms in total. The molecule has 1 saturated heterocycles. The van der Waals surface area contributed by atoms with E-state index < -0.39 is 47.4 Å². The van der Waals surface area contributed by atoms with Crippen molar-refractivity contribution in [2.75, 3.05) is 27.9 Å². The summed E-state index contributed by atoms with van der Waals surface area (Å²) in [6.07, 6.45) is -2.94. The van der Waals surface area contributed by atoms with Crippen LogP contribution in [0.3, 0.4) is 0 Å². The summed E-state index contributed by atoms with van der Waals surface area (Å²) in [4.78, 5) is 51.5. The van der Waals surface area contributed by atoms with Gasteiger partial charge >= 0.3 is 11.7 Å². The number of H-pyrrole nitrogens is 1. The highest BCUT2D eigenvalue weighted by Crippen LogP contribution is 2.43. The molecule has 0 spiro atoms. The first kappa shape index (κ1) is 34.3. The van der Waals surface area contributed by atoms with Crippen LogP contribution in [0.1, 0.15) is 42.7 Å². The fraction of sp³-hybridized carbons (Fsp3) is 0.333. The standard InChI is InChI=1S/C36H38N2O10/c1-23(39)10-19-31(41)48-32-29(47-34(33(32)45-4)38-21-20-30(40)37-35(38)42)22-46-36(24-8-6-5-7-9-24,25-11-15-27(43-2)16-12-25)26-13-17-28(44-3)18-14-26/h5-9,11-18,20-21,29,32-34H,10,19,22H2,1-4H3,(H,37,40,42)/t29?,32-,33-,34-/m1/s1. The maximum Gasteiger partial charge on any atom is 0.330 e. The maximum atomic E-state index is 13.0. The molecular formula is C36H38N2O10. The van der Waals surface area contributed by atoms with E-state index in [0.717, 1.165) is 16.7 Å². The van der Waals surface area contributed by atoms with E-state index in [9.17, 15) is 19.2 Å². The summed E-state index contributed by atoms with van der Waals surface area (Å²) in [5.41, 5.74) is -0.199. The zero-order valence-corrected chi connectivity index (χ0v) is 27.1. The highest BCUT2D eigenvalue weighted by molar-refractivity contribution is 5.81. The molecule has 5 rings (SSSR count). The Bertz CT molecular complexity index is 1750. The molecule has 1 aromatic heterocycles. The molecule has 1 aliphatic rings. The number of hydrogen-bond acceptors (Lipinski definition) is 10. The summed E-state index contributed by atoms with van der Waals surface area (Å²) in [5.74, 6) is 0.510. The van der Waals surface area contributed by atoms with Gasteiger partial charge in [0.15, 0.2) is 12.3 Å². The Morgan fingerprint density at radius 3 is 1.90 bits per heavy atom. The van der Waals surface area contributed by atoms with Crippen LogP contribution < -0.4 is 20.7 Å². The van der Waals surface area contributed by atoms with Gasteiger partial charge in [0.05, 0.1) is 27.2 Å². The third-order valence-electron chi connectivity index (χ3n) is 8.27. The van der Waals surface area contributed by atoms with Crippen molar-refractivity contribution in [1.82, 2.24) is 9.55 Å². The van der Waals surface area contributed by atoms with E-state index in [-0.39, 0.29) is 25.2 Å². The lowest BCUT2D eigenvalue weighted by Gasteiger charge is -2.37. The zero-order chi connectivity index (χ0) is 34.3. The van der Waals surface area contributed by atoms with Crippen LogP contribution in [0.25, 0.3) is 0 Å². The third-order valence-corrected chi connectivity index (χ3v) is 8.27. The number of rotatable bonds is 14. The van der Waals surface area contributed by atoms with E-state index >= 15 is 0 Å². The largest absolute Gasteiger partial charge is 0.497 e. The smallest absolute Gasteiger partial charge is 0.330 e. The van der Waals surface area contributed by atoms with E-state index in [0.29, 0.717) is 11.5 Å². The van der Waals surface area contributed by atoms with Gasteiger partial charge in [-0.05, 0) is 47.9 Å². The molecule has 1 N–H and O–H groups in total. The normalized spacial score (nSPS) is 19.1. The van der Waals surface area contributed by atoms with Crippen LogP contribution in [-0.4, -0.2) is 67.6 Å². The summed E-state index contributed by atoms with van der Waals surface area (Å²) in [5, 5.41) is 0. The Morgan fingerprint density at radius 1 is 0.792 bits per heavy atom. The molecule has 3 aromatic carbocycles. The summed E-state index contributed by atoms with van der Waals surface area (Å²) in [7, 11) is 4.58. The molecule has 1 aliphatic heterocycles. The molecule has 2 heterocycles. The van der Waals surface area contributed by atoms with E-state index in [4.69, 9.17) is 28.4 Å². The molecule has 0 amide bonds. The lowest BCUT2D eigenvalue weighted by molar-refractivity contribution is -0.160. The molecule has 4 aromatic rings. The van der Waals surface area contributed by atoms with E-state index in [1.165, 1.54) is 30.9 Å². The predicted octanol–water partition coefficient (Wildman–Crippen LogP) is 3.76. The second-order valence-corrected chi connectivity index (χ2v) is 11.3. The minimum absolute atomic E-state index is 0.0000916. The van der Waals surface area contributed by atoms with Crippen molar-refractivity contribution >= 4 is 11.8 Å². The van der Waals surface area contributed by atoms with Gasteiger partial charge in [0.2, 0.25) is 0 Å². The summed E-state index contributed by atoms with van der Waals surface area (Å²) < 4.78 is 37.1. The SMILES string of the molecule is COc1ccc(C(OCC2O[C@@H](n3ccc(=O)[nH]c3=O)[C@H](OC)[C@@H]2OC(=O)CCC(C)=O)(c2ccccc2)c2ccc(OC)cc2)cc1. The number of nitrogens with zero attached hydrogens (tertiary/aromatic N) is 1. The monoisotopic (exact) mass is 658 g/mol. The minimum Gasteiger partial charge on any atom is -0.497 e. The second-order valence-electron chi connectivity index (χ2n) is 11.3. The fourth-order valence-electron chi connectivity index (χ4n) is 5.86. The highest BCUT2D eigenvalue weighted by Gasteiger charge is 2.50. The van der Waals surface area contributed by atoms with Gasteiger partial charge in [-0.25, -0.2) is 4.79 Å². The molecule has 0 bridgehead atoms. The first-order valence-electron chi connectivity index (χ1n) is 15.4. The third kappa shape index (κ3) is 7.25. The van der Waals surface area contributed by atoms with Gasteiger partial charge in [-0.3, -0.25) is 19.1 Å². The molecule has 252 valence electrons. The van der Waals surface area contributed by atoms with Gasteiger partial charge < -0.3 is 33.2 Å². The topological polar surface area (TPSA) is 144 Å². The summed E-state index contributed by atoms with van der Waals surface area (Å²) in [6, 6.07) is 25.8. The lowest BCUT2D eigenvalue weighted by Crippen LogP contribution is -2.43. The van der Waals surface area contributed by atoms with Crippen LogP contribution in [0.15, 0.2) is 101 Å². The van der Waals surface area contributed by atoms with Crippen LogP contribution in [0.4, 0.5) is 0 Å². The molecule has 48 heavy (non-hydrogen) atoms. The predicted molar refractivity (Wildman–Crippen MR) is 174 cm³/mol. The maximum absolute atomic E-state index is 13.0. The molecular weight excluding hydrogens is 620 g/mol. The molecule has 1 unspecified atom stereocenters. The fourth-order valence-corrected chi connectivity index (χ4v) is 5.86. The Balaban J connectivity index is 1.60. The van der Waals surface area contributed by atoms with Gasteiger partial charge in [-0.15, -0.1) is 0 Å². The van der Waals surface area contributed by atoms with Crippen molar-refractivity contribution in [3.63, 3.8) is 0 Å². The molecule has 0 saturated carbocycles. The van der Waals surface area contributed by atoms with Crippen molar-refractivity contribution in [1.29, 1.82) is 0 Å². The number of aromatic amines is 1. The number of carbonyl (C=O) groups excluding carboxylic acids is 2. The Hall–Kier alpha value is -5.04. The molecule has 4 atom stereocenters. The quantitative estimate of drug-likeness (QED) is 0.157. The number of hydrogen-bond donors (Lipinski definition) is 1. The number of methoxy groups -OCH3 is 3. The molecule has 1 fully saturated rings. The molecule has 0 aliphatic carbocycles. The first-order chi connectivity index (χ1) is 23.2. The number of Topliss-reactive ketones (excluding diaryl/α,β-unsaturated/α-hetero) is 1. The summed E-state index contributed by atoms with van der Waals surface area (Å²) >= 11 is 0. The van der Waals surface area contributed by atoms with Crippen LogP contribution in [0.5, 0.6) is 11.5 Å². The van der Waals surface area contributed by atoms with Gasteiger partial charge in [-0.2, -0.15) is 0 Å². The first-order valence-corrected chi connectivity index (χ1v) is 15.4. The lowest BCUT2D eigenvalue weighted by atomic mass is 9.80. The van der Waals surface area contributed by atoms with E-state index in [1.54, 1.807) is 14.2 Å². The average Bonchev–Trinajstić information content (AvgIpc) is 3.44. The van der Waals surface area contributed by atoms with E-state index in [2.05, 4.69) is 4.98 Å². The number of nitrogens with one attached hydrogen (secondary N) is 1. The minimum atomic E-state index is -1.22. The Kier molecular flexibility index (Phi) is 10.9. The number of ketones is 1.